The Morgan fingerprint density at radius 3 is 2.33 bits per heavy atom. The number of carbonyl (C=O) groups excluding carboxylic acids is 5. The number of aromatic nitrogens is 3. The summed E-state index contributed by atoms with van der Waals surface area (Å²) in [7, 11) is 1.51. The van der Waals surface area contributed by atoms with Gasteiger partial charge in [-0.1, -0.05) is 11.6 Å². The molecule has 5 fully saturated rings. The topological polar surface area (TPSA) is 201 Å². The quantitative estimate of drug-likeness (QED) is 0.171. The minimum atomic E-state index is -0.983. The Morgan fingerprint density at radius 1 is 0.879 bits per heavy atom. The molecule has 3 N–H and O–H groups in total. The maximum atomic E-state index is 13.5. The highest BCUT2D eigenvalue weighted by molar-refractivity contribution is 6.33. The van der Waals surface area contributed by atoms with Crippen LogP contribution in [-0.2, 0) is 19.1 Å². The van der Waals surface area contributed by atoms with E-state index in [0.29, 0.717) is 51.7 Å². The second-order valence-corrected chi connectivity index (χ2v) is 18.9. The standard InChI is InChI=1S/C47H53ClN10O8/c1-25(2)56-37-9-4-27(16-26(37)17-39(46(56)64)65-24-41(60)49-3)51-42-36(48)21-50-47(53-42)54-14-12-32(13-15-54)66-33-18-31(19-33)57-29-5-6-30(57)23-55(22-29)28-7-8-34-35(20-28)45(63)58(44(34)62)38-10-11-40(59)52-43(38)61/h4,7-9,16-17,20-21,25,29-33,38H,5-6,10-15,18-19,22-24H2,1-3H3,(H,49,60)(H,50,51,53)(H,52,59,61)/t29-,30?,31?,33?,38-/m1/s1. The molecular weight excluding hydrogens is 868 g/mol. The summed E-state index contributed by atoms with van der Waals surface area (Å²) in [5.41, 5.74) is 2.64. The number of anilines is 4. The van der Waals surface area contributed by atoms with Gasteiger partial charge in [-0.3, -0.25) is 43.9 Å². The van der Waals surface area contributed by atoms with Crippen molar-refractivity contribution in [3.63, 3.8) is 0 Å². The summed E-state index contributed by atoms with van der Waals surface area (Å²) in [5, 5.41) is 9.21. The van der Waals surface area contributed by atoms with Crippen molar-refractivity contribution in [2.75, 3.05) is 55.0 Å². The Balaban J connectivity index is 0.717. The fraction of sp³-hybridized carbons (Fsp3) is 0.489. The predicted molar refractivity (Wildman–Crippen MR) is 246 cm³/mol. The molecule has 2 bridgehead atoms. The van der Waals surface area contributed by atoms with Crippen LogP contribution in [0, 0.1) is 0 Å². The lowest BCUT2D eigenvalue weighted by Crippen LogP contribution is -2.61. The monoisotopic (exact) mass is 920 g/mol. The lowest BCUT2D eigenvalue weighted by Gasteiger charge is -2.51. The van der Waals surface area contributed by atoms with E-state index < -0.39 is 29.7 Å². The molecule has 3 atom stereocenters. The zero-order valence-electron chi connectivity index (χ0n) is 37.1. The van der Waals surface area contributed by atoms with Crippen molar-refractivity contribution in [3.05, 3.63) is 75.2 Å². The highest BCUT2D eigenvalue weighted by Gasteiger charge is 2.49. The zero-order valence-corrected chi connectivity index (χ0v) is 37.9. The third-order valence-electron chi connectivity index (χ3n) is 14.1. The maximum Gasteiger partial charge on any atom is 0.293 e. The number of fused-ring (bicyclic) bond motifs is 4. The van der Waals surface area contributed by atoms with E-state index in [1.54, 1.807) is 29.0 Å². The highest BCUT2D eigenvalue weighted by Crippen LogP contribution is 2.42. The van der Waals surface area contributed by atoms with Crippen molar-refractivity contribution in [3.8, 4) is 5.75 Å². The number of likely N-dealkylation sites (N-methyl/N-ethyl adjacent to an activating group) is 1. The van der Waals surface area contributed by atoms with Gasteiger partial charge in [-0.05, 0) is 101 Å². The van der Waals surface area contributed by atoms with E-state index in [2.05, 4.69) is 35.6 Å². The fourth-order valence-corrected chi connectivity index (χ4v) is 10.9. The third kappa shape index (κ3) is 8.12. The van der Waals surface area contributed by atoms with Crippen molar-refractivity contribution >= 4 is 75.2 Å². The number of ether oxygens (including phenoxy) is 2. The number of halogens is 1. The van der Waals surface area contributed by atoms with Crippen LogP contribution in [0.5, 0.6) is 5.75 Å². The van der Waals surface area contributed by atoms with E-state index in [1.807, 2.05) is 38.1 Å². The average Bonchev–Trinajstić information content (AvgIpc) is 3.68. The summed E-state index contributed by atoms with van der Waals surface area (Å²) >= 11 is 6.61. The molecule has 5 aliphatic heterocycles. The van der Waals surface area contributed by atoms with Gasteiger partial charge < -0.3 is 34.5 Å². The predicted octanol–water partition coefficient (Wildman–Crippen LogP) is 4.17. The van der Waals surface area contributed by atoms with E-state index >= 15 is 0 Å². The molecule has 0 spiro atoms. The SMILES string of the molecule is CNC(=O)COc1cc2cc(Nc3nc(N4CCC(OC5CC(N6C7CC[C@@H]6CN(c6ccc8c(c6)C(=O)N([C@@H]6CCC(=O)NC6=O)C8=O)C7)C5)CC4)ncc3Cl)ccc2n(C(C)C)c1=O. The number of piperidine rings is 2. The average molecular weight is 921 g/mol. The molecule has 10 rings (SSSR count). The molecule has 7 heterocycles. The summed E-state index contributed by atoms with van der Waals surface area (Å²) in [6.07, 6.45) is 8.12. The summed E-state index contributed by atoms with van der Waals surface area (Å²) in [6.45, 7) is 6.72. The molecule has 1 aliphatic carbocycles. The molecule has 0 radical (unpaired) electrons. The van der Waals surface area contributed by atoms with E-state index in [9.17, 15) is 28.8 Å². The Bertz CT molecular complexity index is 2680. The van der Waals surface area contributed by atoms with Gasteiger partial charge in [0.2, 0.25) is 17.8 Å². The lowest BCUT2D eigenvalue weighted by molar-refractivity contribution is -0.136. The Hall–Kier alpha value is -6.11. The van der Waals surface area contributed by atoms with Gasteiger partial charge in [-0.2, -0.15) is 4.98 Å². The molecular formula is C47H53ClN10O8. The molecule has 1 saturated carbocycles. The van der Waals surface area contributed by atoms with Crippen LogP contribution in [0.1, 0.15) is 92.0 Å². The van der Waals surface area contributed by atoms with Gasteiger partial charge in [0.15, 0.2) is 18.2 Å². The fourth-order valence-electron chi connectivity index (χ4n) is 10.7. The number of nitrogens with zero attached hydrogens (tertiary/aromatic N) is 7. The molecule has 1 unspecified atom stereocenters. The van der Waals surface area contributed by atoms with Crippen molar-refractivity contribution in [1.29, 1.82) is 0 Å². The molecule has 4 saturated heterocycles. The van der Waals surface area contributed by atoms with E-state index in [0.717, 1.165) is 86.2 Å². The maximum absolute atomic E-state index is 13.5. The zero-order chi connectivity index (χ0) is 46.0. The van der Waals surface area contributed by atoms with Gasteiger partial charge in [0, 0.05) is 80.6 Å². The second kappa shape index (κ2) is 17.6. The van der Waals surface area contributed by atoms with Crippen LogP contribution in [0.25, 0.3) is 10.9 Å². The molecule has 6 aliphatic rings. The summed E-state index contributed by atoms with van der Waals surface area (Å²) in [6, 6.07) is 12.8. The largest absolute Gasteiger partial charge is 0.478 e. The van der Waals surface area contributed by atoms with Gasteiger partial charge in [0.25, 0.3) is 23.3 Å². The summed E-state index contributed by atoms with van der Waals surface area (Å²) in [4.78, 5) is 93.7. The molecule has 5 amide bonds. The van der Waals surface area contributed by atoms with Crippen LogP contribution in [0.4, 0.5) is 23.1 Å². The molecule has 4 aromatic rings. The van der Waals surface area contributed by atoms with Crippen molar-refractivity contribution < 1.29 is 33.4 Å². The number of hydrogen-bond donors (Lipinski definition) is 3. The highest BCUT2D eigenvalue weighted by atomic mass is 35.5. The molecule has 66 heavy (non-hydrogen) atoms. The Kier molecular flexibility index (Phi) is 11.7. The minimum Gasteiger partial charge on any atom is -0.478 e. The van der Waals surface area contributed by atoms with Crippen molar-refractivity contribution in [1.82, 2.24) is 35.0 Å². The number of amides is 5. The number of pyridine rings is 1. The van der Waals surface area contributed by atoms with E-state index in [4.69, 9.17) is 26.1 Å². The normalized spacial score (nSPS) is 24.5. The first-order valence-electron chi connectivity index (χ1n) is 22.9. The number of imide groups is 2. The first-order chi connectivity index (χ1) is 31.8. The number of rotatable bonds is 12. The third-order valence-corrected chi connectivity index (χ3v) is 14.4. The van der Waals surface area contributed by atoms with Gasteiger partial charge in [0.05, 0.1) is 35.0 Å². The summed E-state index contributed by atoms with van der Waals surface area (Å²) < 4.78 is 13.9. The Morgan fingerprint density at radius 2 is 1.62 bits per heavy atom. The Labute approximate surface area is 385 Å². The van der Waals surface area contributed by atoms with Crippen LogP contribution in [0.2, 0.25) is 5.02 Å². The van der Waals surface area contributed by atoms with E-state index in [1.165, 1.54) is 7.05 Å². The summed E-state index contributed by atoms with van der Waals surface area (Å²) in [5.74, 6) is -1.19. The van der Waals surface area contributed by atoms with Crippen molar-refractivity contribution in [2.45, 2.75) is 108 Å². The van der Waals surface area contributed by atoms with Crippen LogP contribution in [-0.4, -0.2) is 130 Å². The van der Waals surface area contributed by atoms with Gasteiger partial charge >= 0.3 is 0 Å². The van der Waals surface area contributed by atoms with Crippen LogP contribution in [0.3, 0.4) is 0 Å². The first-order valence-corrected chi connectivity index (χ1v) is 23.3. The molecule has 2 aromatic carbocycles. The van der Waals surface area contributed by atoms with Crippen LogP contribution >= 0.6 is 11.6 Å². The number of nitrogens with one attached hydrogen (secondary N) is 3. The lowest BCUT2D eigenvalue weighted by atomic mass is 9.85. The minimum absolute atomic E-state index is 0.0864. The molecule has 19 heteroatoms. The van der Waals surface area contributed by atoms with Gasteiger partial charge in [-0.25, -0.2) is 4.98 Å². The molecule has 2 aromatic heterocycles. The van der Waals surface area contributed by atoms with Crippen LogP contribution < -0.4 is 36.0 Å². The van der Waals surface area contributed by atoms with E-state index in [-0.39, 0.29) is 54.9 Å². The van der Waals surface area contributed by atoms with Gasteiger partial charge in [-0.15, -0.1) is 0 Å². The number of piperazine rings is 1. The smallest absolute Gasteiger partial charge is 0.293 e. The number of carbonyl (C=O) groups is 5. The van der Waals surface area contributed by atoms with Gasteiger partial charge in [0.1, 0.15) is 11.1 Å². The van der Waals surface area contributed by atoms with Crippen LogP contribution in [0.15, 0.2) is 53.5 Å². The second-order valence-electron chi connectivity index (χ2n) is 18.5. The number of benzene rings is 2. The number of hydrogen-bond acceptors (Lipinski definition) is 14. The molecule has 18 nitrogen and oxygen atoms in total. The molecule has 346 valence electrons. The first kappa shape index (κ1) is 43.8. The van der Waals surface area contributed by atoms with Crippen molar-refractivity contribution in [2.24, 2.45) is 0 Å².